The van der Waals surface area contributed by atoms with E-state index in [9.17, 15) is 0 Å². The van der Waals surface area contributed by atoms with E-state index >= 15 is 0 Å². The van der Waals surface area contributed by atoms with E-state index in [1.165, 1.54) is 5.69 Å². The minimum absolute atomic E-state index is 0. The quantitative estimate of drug-likeness (QED) is 0.272. The second-order valence-electron chi connectivity index (χ2n) is 5.27. The lowest BCUT2D eigenvalue weighted by molar-refractivity contribution is 0.179. The van der Waals surface area contributed by atoms with Crippen molar-refractivity contribution in [1.29, 1.82) is 0 Å². The van der Waals surface area contributed by atoms with Crippen molar-refractivity contribution < 1.29 is 4.74 Å². The van der Waals surface area contributed by atoms with Crippen LogP contribution in [0.1, 0.15) is 20.3 Å². The van der Waals surface area contributed by atoms with Crippen molar-refractivity contribution in [2.75, 3.05) is 45.3 Å². The van der Waals surface area contributed by atoms with Crippen LogP contribution in [0.2, 0.25) is 0 Å². The summed E-state index contributed by atoms with van der Waals surface area (Å²) in [5, 5.41) is 6.65. The molecule has 23 heavy (non-hydrogen) atoms. The van der Waals surface area contributed by atoms with Crippen LogP contribution in [0.5, 0.6) is 0 Å². The van der Waals surface area contributed by atoms with Gasteiger partial charge in [0.2, 0.25) is 0 Å². The Morgan fingerprint density at radius 1 is 1.30 bits per heavy atom. The average Bonchev–Trinajstić information content (AvgIpc) is 2.54. The Hall–Kier alpha value is -1.02. The van der Waals surface area contributed by atoms with Crippen LogP contribution < -0.4 is 15.5 Å². The summed E-state index contributed by atoms with van der Waals surface area (Å²) in [7, 11) is 3.49. The second kappa shape index (κ2) is 13.4. The molecule has 0 fully saturated rings. The number of rotatable bonds is 9. The zero-order chi connectivity index (χ0) is 16.2. The summed E-state index contributed by atoms with van der Waals surface area (Å²) in [6.45, 7) is 7.86. The third-order valence-corrected chi connectivity index (χ3v) is 3.42. The van der Waals surface area contributed by atoms with Crippen molar-refractivity contribution in [2.45, 2.75) is 26.3 Å². The summed E-state index contributed by atoms with van der Waals surface area (Å²) < 4.78 is 5.12. The molecular weight excluding hydrogens is 403 g/mol. The predicted molar refractivity (Wildman–Crippen MR) is 110 cm³/mol. The fourth-order valence-corrected chi connectivity index (χ4v) is 2.31. The molecule has 0 heterocycles. The number of halogens is 1. The Morgan fingerprint density at radius 2 is 2.00 bits per heavy atom. The molecule has 0 aliphatic carbocycles. The molecule has 1 rings (SSSR count). The molecule has 1 aromatic carbocycles. The van der Waals surface area contributed by atoms with Crippen molar-refractivity contribution in [3.05, 3.63) is 30.3 Å². The summed E-state index contributed by atoms with van der Waals surface area (Å²) in [6.07, 6.45) is 1.06. The van der Waals surface area contributed by atoms with Crippen LogP contribution in [0.15, 0.2) is 35.3 Å². The molecule has 0 bridgehead atoms. The summed E-state index contributed by atoms with van der Waals surface area (Å²) in [6, 6.07) is 10.8. The lowest BCUT2D eigenvalue weighted by Crippen LogP contribution is -2.44. The van der Waals surface area contributed by atoms with E-state index < -0.39 is 0 Å². The Balaban J connectivity index is 0.00000484. The first-order valence-corrected chi connectivity index (χ1v) is 7.97. The van der Waals surface area contributed by atoms with E-state index in [0.717, 1.165) is 32.0 Å². The molecule has 0 saturated heterocycles. The normalized spacial score (nSPS) is 12.3. The highest BCUT2D eigenvalue weighted by Crippen LogP contribution is 2.12. The molecule has 6 heteroatoms. The van der Waals surface area contributed by atoms with Gasteiger partial charge >= 0.3 is 0 Å². The molecule has 0 saturated carbocycles. The maximum Gasteiger partial charge on any atom is 0.191 e. The highest BCUT2D eigenvalue weighted by atomic mass is 127. The molecule has 1 unspecified atom stereocenters. The maximum absolute atomic E-state index is 5.12. The highest BCUT2D eigenvalue weighted by molar-refractivity contribution is 14.0. The van der Waals surface area contributed by atoms with E-state index in [4.69, 9.17) is 4.74 Å². The first-order chi connectivity index (χ1) is 10.7. The number of nitrogens with zero attached hydrogens (tertiary/aromatic N) is 2. The van der Waals surface area contributed by atoms with Crippen LogP contribution in [0, 0.1) is 0 Å². The maximum atomic E-state index is 5.12. The number of methoxy groups -OCH3 is 1. The number of guanidine groups is 1. The predicted octanol–water partition coefficient (Wildman–Crippen LogP) is 2.72. The Bertz CT molecular complexity index is 428. The van der Waals surface area contributed by atoms with Gasteiger partial charge in [-0.3, -0.25) is 4.99 Å². The zero-order valence-electron chi connectivity index (χ0n) is 14.7. The van der Waals surface area contributed by atoms with Crippen LogP contribution in [0.4, 0.5) is 5.69 Å². The topological polar surface area (TPSA) is 48.9 Å². The van der Waals surface area contributed by atoms with Gasteiger partial charge in [0.25, 0.3) is 0 Å². The molecular formula is C17H31IN4O. The van der Waals surface area contributed by atoms with Crippen LogP contribution in [0.3, 0.4) is 0 Å². The monoisotopic (exact) mass is 434 g/mol. The van der Waals surface area contributed by atoms with Gasteiger partial charge in [-0.15, -0.1) is 24.0 Å². The van der Waals surface area contributed by atoms with Crippen LogP contribution in [0.25, 0.3) is 0 Å². The van der Waals surface area contributed by atoms with Crippen molar-refractivity contribution in [1.82, 2.24) is 10.6 Å². The Kier molecular flexibility index (Phi) is 12.8. The van der Waals surface area contributed by atoms with Gasteiger partial charge in [0, 0.05) is 45.5 Å². The Morgan fingerprint density at radius 3 is 2.57 bits per heavy atom. The fraction of sp³-hybridized carbons (Fsp3) is 0.588. The molecule has 0 aliphatic rings. The number of hydrogen-bond acceptors (Lipinski definition) is 3. The van der Waals surface area contributed by atoms with Gasteiger partial charge in [-0.1, -0.05) is 18.2 Å². The number of ether oxygens (including phenoxy) is 1. The van der Waals surface area contributed by atoms with Gasteiger partial charge < -0.3 is 20.3 Å². The van der Waals surface area contributed by atoms with Gasteiger partial charge in [0.05, 0.1) is 6.61 Å². The van der Waals surface area contributed by atoms with E-state index in [1.54, 1.807) is 14.2 Å². The van der Waals surface area contributed by atoms with Crippen molar-refractivity contribution in [2.24, 2.45) is 4.99 Å². The number of benzene rings is 1. The summed E-state index contributed by atoms with van der Waals surface area (Å²) in [5.41, 5.74) is 1.28. The molecule has 5 nitrogen and oxygen atoms in total. The van der Waals surface area contributed by atoms with Crippen LogP contribution in [-0.4, -0.2) is 52.4 Å². The molecule has 132 valence electrons. The van der Waals surface area contributed by atoms with Crippen LogP contribution in [-0.2, 0) is 4.74 Å². The summed E-state index contributed by atoms with van der Waals surface area (Å²) in [4.78, 5) is 6.61. The molecule has 0 spiro atoms. The molecule has 2 N–H and O–H groups in total. The van der Waals surface area contributed by atoms with Crippen LogP contribution >= 0.6 is 24.0 Å². The first-order valence-electron chi connectivity index (χ1n) is 7.97. The zero-order valence-corrected chi connectivity index (χ0v) is 17.0. The van der Waals surface area contributed by atoms with E-state index in [-0.39, 0.29) is 30.0 Å². The third kappa shape index (κ3) is 9.00. The average molecular weight is 434 g/mol. The van der Waals surface area contributed by atoms with Gasteiger partial charge in [0.15, 0.2) is 5.96 Å². The standard InChI is InChI=1S/C17H30N4O.HI/c1-5-21(16-10-7-6-8-11-16)13-9-12-19-17(18-3)20-15(2)14-22-4;/h6-8,10-11,15H,5,9,12-14H2,1-4H3,(H2,18,19,20);1H. The number of anilines is 1. The number of hydrogen-bond donors (Lipinski definition) is 2. The van der Waals surface area contributed by atoms with Crippen molar-refractivity contribution >= 4 is 35.6 Å². The lowest BCUT2D eigenvalue weighted by Gasteiger charge is -2.23. The number of para-hydroxylation sites is 1. The molecule has 0 amide bonds. The number of aliphatic imine (C=N–C) groups is 1. The molecule has 0 aliphatic heterocycles. The minimum atomic E-state index is 0. The number of nitrogens with one attached hydrogen (secondary N) is 2. The summed E-state index contributed by atoms with van der Waals surface area (Å²) in [5.74, 6) is 0.826. The van der Waals surface area contributed by atoms with E-state index in [2.05, 4.69) is 64.7 Å². The van der Waals surface area contributed by atoms with Gasteiger partial charge in [-0.05, 0) is 32.4 Å². The fourth-order valence-electron chi connectivity index (χ4n) is 2.31. The SMILES string of the molecule is CCN(CCCNC(=NC)NC(C)COC)c1ccccc1.I. The lowest BCUT2D eigenvalue weighted by atomic mass is 10.2. The van der Waals surface area contributed by atoms with Gasteiger partial charge in [-0.25, -0.2) is 0 Å². The molecule has 0 aromatic heterocycles. The minimum Gasteiger partial charge on any atom is -0.383 e. The van der Waals surface area contributed by atoms with Gasteiger partial charge in [0.1, 0.15) is 0 Å². The van der Waals surface area contributed by atoms with Gasteiger partial charge in [-0.2, -0.15) is 0 Å². The molecule has 0 radical (unpaired) electrons. The summed E-state index contributed by atoms with van der Waals surface area (Å²) >= 11 is 0. The third-order valence-electron chi connectivity index (χ3n) is 3.42. The molecule has 1 aromatic rings. The molecule has 1 atom stereocenters. The van der Waals surface area contributed by atoms with Crippen molar-refractivity contribution in [3.8, 4) is 0 Å². The van der Waals surface area contributed by atoms with E-state index in [0.29, 0.717) is 6.61 Å². The Labute approximate surface area is 157 Å². The van der Waals surface area contributed by atoms with Crippen molar-refractivity contribution in [3.63, 3.8) is 0 Å². The van der Waals surface area contributed by atoms with E-state index in [1.807, 2.05) is 0 Å². The largest absolute Gasteiger partial charge is 0.383 e. The highest BCUT2D eigenvalue weighted by Gasteiger charge is 2.05. The smallest absolute Gasteiger partial charge is 0.191 e. The first kappa shape index (κ1) is 22.0. The second-order valence-corrected chi connectivity index (χ2v) is 5.27.